The van der Waals surface area contributed by atoms with Crippen LogP contribution in [-0.2, 0) is 16.2 Å². The lowest BCUT2D eigenvalue weighted by molar-refractivity contribution is 0.332. The van der Waals surface area contributed by atoms with E-state index >= 15 is 0 Å². The highest BCUT2D eigenvalue weighted by Gasteiger charge is 2.38. The molecule has 0 radical (unpaired) electrons. The Morgan fingerprint density at radius 3 is 2.09 bits per heavy atom. The van der Waals surface area contributed by atoms with Crippen LogP contribution in [0.2, 0.25) is 0 Å². The molecule has 66 heavy (non-hydrogen) atoms. The molecule has 0 saturated carbocycles. The molecule has 0 bridgehead atoms. The first-order chi connectivity index (χ1) is 31.8. The molecule has 1 aliphatic carbocycles. The maximum atomic E-state index is 6.94. The smallest absolute Gasteiger partial charge is 0.198 e. The van der Waals surface area contributed by atoms with Gasteiger partial charge in [-0.25, -0.2) is 0 Å². The van der Waals surface area contributed by atoms with Crippen LogP contribution in [0.1, 0.15) is 78.0 Å². The molecule has 1 aliphatic heterocycles. The number of thiophene rings is 1. The highest BCUT2D eigenvalue weighted by molar-refractivity contribution is 7.25. The lowest BCUT2D eigenvalue weighted by Gasteiger charge is -2.41. The van der Waals surface area contributed by atoms with Crippen molar-refractivity contribution in [2.45, 2.75) is 77.6 Å². The molecule has 6 heteroatoms. The van der Waals surface area contributed by atoms with E-state index in [0.717, 1.165) is 64.6 Å². The van der Waals surface area contributed by atoms with Crippen LogP contribution >= 0.6 is 11.3 Å². The van der Waals surface area contributed by atoms with Crippen molar-refractivity contribution in [3.05, 3.63) is 150 Å². The number of fused-ring (bicyclic) bond motifs is 16. The molecule has 5 heterocycles. The Morgan fingerprint density at radius 1 is 0.576 bits per heavy atom. The molecule has 320 valence electrons. The second-order valence-electron chi connectivity index (χ2n) is 21.6. The molecule has 4 nitrogen and oxygen atoms in total. The summed E-state index contributed by atoms with van der Waals surface area (Å²) in [5.41, 5.74) is 18.9. The Balaban J connectivity index is 1.08. The number of furan rings is 2. The van der Waals surface area contributed by atoms with Crippen molar-refractivity contribution >= 4 is 127 Å². The first kappa shape index (κ1) is 38.5. The summed E-state index contributed by atoms with van der Waals surface area (Å²) < 4.78 is 18.7. The van der Waals surface area contributed by atoms with Crippen molar-refractivity contribution < 1.29 is 8.83 Å². The number of para-hydroxylation sites is 1. The molecule has 8 aromatic carbocycles. The van der Waals surface area contributed by atoms with Crippen LogP contribution in [0.3, 0.4) is 0 Å². The maximum absolute atomic E-state index is 6.94. The molecule has 0 spiro atoms. The number of hydrogen-bond acceptors (Lipinski definition) is 4. The quantitative estimate of drug-likeness (QED) is 0.180. The summed E-state index contributed by atoms with van der Waals surface area (Å²) in [7, 11) is 0.800. The van der Waals surface area contributed by atoms with E-state index in [1.54, 1.807) is 0 Å². The van der Waals surface area contributed by atoms with E-state index in [0.29, 0.717) is 0 Å². The Bertz CT molecular complexity index is 4090. The molecular formula is C60H49BN2O2S. The van der Waals surface area contributed by atoms with Gasteiger partial charge in [0.25, 0.3) is 0 Å². The number of nitrogens with one attached hydrogen (secondary N) is 1. The fourth-order valence-electron chi connectivity index (χ4n) is 11.9. The monoisotopic (exact) mass is 872 g/mol. The topological polar surface area (TPSA) is 43.2 Å². The van der Waals surface area contributed by atoms with E-state index in [1.165, 1.54) is 97.2 Å². The van der Waals surface area contributed by atoms with E-state index in [1.807, 2.05) is 11.3 Å². The Labute approximate surface area is 388 Å². The number of hydrogen-bond donors (Lipinski definition) is 1. The van der Waals surface area contributed by atoms with Gasteiger partial charge < -0.3 is 18.7 Å². The van der Waals surface area contributed by atoms with Crippen molar-refractivity contribution in [3.8, 4) is 16.8 Å². The van der Waals surface area contributed by atoms with Crippen LogP contribution in [0.25, 0.3) is 103 Å². The minimum Gasteiger partial charge on any atom is -0.456 e. The molecular weight excluding hydrogens is 824 g/mol. The van der Waals surface area contributed by atoms with E-state index in [2.05, 4.69) is 192 Å². The third kappa shape index (κ3) is 5.33. The van der Waals surface area contributed by atoms with E-state index in [-0.39, 0.29) is 16.2 Å². The van der Waals surface area contributed by atoms with Gasteiger partial charge in [0.2, 0.25) is 0 Å². The van der Waals surface area contributed by atoms with Gasteiger partial charge in [-0.15, -0.1) is 11.3 Å². The summed E-state index contributed by atoms with van der Waals surface area (Å²) in [6.07, 6.45) is 2.32. The fraction of sp³-hybridized carbons (Fsp3) is 0.200. The minimum absolute atomic E-state index is 0.0567. The van der Waals surface area contributed by atoms with Gasteiger partial charge >= 0.3 is 0 Å². The largest absolute Gasteiger partial charge is 0.456 e. The van der Waals surface area contributed by atoms with Crippen LogP contribution in [0.4, 0.5) is 11.4 Å². The van der Waals surface area contributed by atoms with E-state index < -0.39 is 0 Å². The second-order valence-corrected chi connectivity index (χ2v) is 22.7. The molecule has 0 fully saturated rings. The highest BCUT2D eigenvalue weighted by Crippen LogP contribution is 2.50. The molecule has 12 aromatic rings. The van der Waals surface area contributed by atoms with Gasteiger partial charge in [-0.05, 0) is 123 Å². The summed E-state index contributed by atoms with van der Waals surface area (Å²) in [4.78, 5) is 0. The zero-order valence-electron chi connectivity index (χ0n) is 38.5. The van der Waals surface area contributed by atoms with Gasteiger partial charge in [-0.2, -0.15) is 0 Å². The average molecular weight is 873 g/mol. The number of rotatable bonds is 3. The summed E-state index contributed by atoms with van der Waals surface area (Å²) in [6.45, 7) is 16.4. The number of benzene rings is 8. The standard InChI is InChI=1S/C60H49BN2O2S/c1-58(2,3)32-16-18-33(19-17-32)62-45-30-51-39(40-27-42-43(29-50(40)65-51)60(6,7)25-24-59(42,4)5)26-38(45)35-20-21-37-54-46(22-23-49-55(54)36-13-8-10-14-48(36)64-49)63-47-31-53-41(28-44(47)61-56(35)57(37)63)34-12-9-11-15-52(34)66-53/h8-23,26-31,61-62H,24-25H2,1-7H3. The third-order valence-electron chi connectivity index (χ3n) is 15.6. The maximum Gasteiger partial charge on any atom is 0.198 e. The predicted octanol–water partition coefficient (Wildman–Crippen LogP) is 15.7. The molecule has 14 rings (SSSR count). The molecule has 0 atom stereocenters. The van der Waals surface area contributed by atoms with Crippen molar-refractivity contribution in [1.29, 1.82) is 0 Å². The van der Waals surface area contributed by atoms with Crippen LogP contribution in [0, 0.1) is 0 Å². The van der Waals surface area contributed by atoms with Gasteiger partial charge in [-0.1, -0.05) is 121 Å². The first-order valence-corrected chi connectivity index (χ1v) is 24.4. The minimum atomic E-state index is 0.0567. The second kappa shape index (κ2) is 13.0. The zero-order chi connectivity index (χ0) is 44.6. The number of anilines is 2. The van der Waals surface area contributed by atoms with Crippen molar-refractivity contribution in [2.75, 3.05) is 5.32 Å². The van der Waals surface area contributed by atoms with Crippen LogP contribution in [-0.4, -0.2) is 11.8 Å². The molecule has 2 aliphatic rings. The number of aromatic nitrogens is 1. The molecule has 4 aromatic heterocycles. The lowest BCUT2D eigenvalue weighted by Crippen LogP contribution is -2.37. The molecule has 1 N–H and O–H groups in total. The average Bonchev–Trinajstić information content (AvgIpc) is 4.05. The summed E-state index contributed by atoms with van der Waals surface area (Å²) in [6, 6.07) is 50.1. The van der Waals surface area contributed by atoms with Crippen molar-refractivity contribution in [2.24, 2.45) is 0 Å². The van der Waals surface area contributed by atoms with E-state index in [9.17, 15) is 0 Å². The van der Waals surface area contributed by atoms with E-state index in [4.69, 9.17) is 8.83 Å². The number of nitrogens with zero attached hydrogens (tertiary/aromatic N) is 1. The summed E-state index contributed by atoms with van der Waals surface area (Å²) in [5.74, 6) is 0. The Kier molecular flexibility index (Phi) is 7.58. The molecule has 0 amide bonds. The molecule has 0 unspecified atom stereocenters. The Morgan fingerprint density at radius 2 is 1.29 bits per heavy atom. The van der Waals surface area contributed by atoms with Gasteiger partial charge in [0, 0.05) is 75.6 Å². The van der Waals surface area contributed by atoms with Crippen molar-refractivity contribution in [1.82, 2.24) is 4.57 Å². The lowest BCUT2D eigenvalue weighted by atomic mass is 9.59. The van der Waals surface area contributed by atoms with Gasteiger partial charge in [0.05, 0.1) is 11.2 Å². The first-order valence-electron chi connectivity index (χ1n) is 23.6. The molecule has 0 saturated heterocycles. The Hall–Kier alpha value is -6.76. The SMILES string of the molecule is CC(C)(C)c1ccc(Nc2cc3oc4cc5c(cc4c3cc2-c2ccc3c4c6c(ccc4n4c3c2Bc2cc3c(cc2-4)sc2ccccc23)oc2ccccc26)C(C)(C)CCC5(C)C)cc1. The van der Waals surface area contributed by atoms with Crippen LogP contribution in [0.15, 0.2) is 142 Å². The van der Waals surface area contributed by atoms with Crippen LogP contribution < -0.4 is 16.2 Å². The van der Waals surface area contributed by atoms with Crippen molar-refractivity contribution in [3.63, 3.8) is 0 Å². The summed E-state index contributed by atoms with van der Waals surface area (Å²) in [5, 5.41) is 13.8. The van der Waals surface area contributed by atoms with Crippen LogP contribution in [0.5, 0.6) is 0 Å². The van der Waals surface area contributed by atoms with Gasteiger partial charge in [0.15, 0.2) is 7.28 Å². The zero-order valence-corrected chi connectivity index (χ0v) is 39.3. The third-order valence-corrected chi connectivity index (χ3v) is 16.8. The summed E-state index contributed by atoms with van der Waals surface area (Å²) >= 11 is 1.89. The van der Waals surface area contributed by atoms with Gasteiger partial charge in [0.1, 0.15) is 22.3 Å². The predicted molar refractivity (Wildman–Crippen MR) is 284 cm³/mol. The highest BCUT2D eigenvalue weighted by atomic mass is 32.1. The van der Waals surface area contributed by atoms with Gasteiger partial charge in [-0.3, -0.25) is 0 Å². The normalized spacial score (nSPS) is 15.4. The fourth-order valence-corrected chi connectivity index (χ4v) is 13.0.